The van der Waals surface area contributed by atoms with Gasteiger partial charge in [0.25, 0.3) is 0 Å². The highest BCUT2D eigenvalue weighted by atomic mass is 16.5. The third-order valence-electron chi connectivity index (χ3n) is 7.40. The van der Waals surface area contributed by atoms with Crippen LogP contribution < -0.4 is 10.1 Å². The molecule has 3 heterocycles. The highest BCUT2D eigenvalue weighted by Gasteiger charge is 2.36. The van der Waals surface area contributed by atoms with Crippen LogP contribution in [0.25, 0.3) is 11.5 Å². The fourth-order valence-corrected chi connectivity index (χ4v) is 5.45. The van der Waals surface area contributed by atoms with Crippen molar-refractivity contribution in [2.45, 2.75) is 32.9 Å². The van der Waals surface area contributed by atoms with Crippen molar-refractivity contribution in [3.05, 3.63) is 125 Å². The summed E-state index contributed by atoms with van der Waals surface area (Å²) in [5, 5.41) is 8.15. The largest absolute Gasteiger partial charge is 0.497 e. The number of para-hydroxylation sites is 2. The molecule has 1 N–H and O–H groups in total. The maximum Gasteiger partial charge on any atom is 0.322 e. The Balaban J connectivity index is 1.54. The van der Waals surface area contributed by atoms with Gasteiger partial charge in [0.05, 0.1) is 36.8 Å². The van der Waals surface area contributed by atoms with Gasteiger partial charge < -0.3 is 19.5 Å². The molecule has 3 aromatic carbocycles. The monoisotopic (exact) mass is 517 g/mol. The third-order valence-corrected chi connectivity index (χ3v) is 7.40. The van der Waals surface area contributed by atoms with Crippen molar-refractivity contribution in [2.75, 3.05) is 12.4 Å². The Morgan fingerprint density at radius 2 is 1.79 bits per heavy atom. The molecule has 0 spiro atoms. The molecule has 39 heavy (non-hydrogen) atoms. The summed E-state index contributed by atoms with van der Waals surface area (Å²) in [5.74, 6) is 1.69. The van der Waals surface area contributed by atoms with Crippen molar-refractivity contribution in [1.29, 1.82) is 0 Å². The van der Waals surface area contributed by atoms with Gasteiger partial charge in [0.1, 0.15) is 11.6 Å². The van der Waals surface area contributed by atoms with E-state index >= 15 is 0 Å². The molecule has 2 aromatic heterocycles. The summed E-state index contributed by atoms with van der Waals surface area (Å²) in [5.41, 5.74) is 6.70. The Hall–Kier alpha value is -4.78. The van der Waals surface area contributed by atoms with Gasteiger partial charge in [0, 0.05) is 17.4 Å². The highest BCUT2D eigenvalue weighted by molar-refractivity contribution is 5.91. The maximum atomic E-state index is 14.2. The van der Waals surface area contributed by atoms with Gasteiger partial charge in [-0.05, 0) is 66.9 Å². The zero-order chi connectivity index (χ0) is 26.9. The number of urea groups is 1. The summed E-state index contributed by atoms with van der Waals surface area (Å²) in [4.78, 5) is 16.1. The van der Waals surface area contributed by atoms with Crippen LogP contribution in [0.3, 0.4) is 0 Å². The van der Waals surface area contributed by atoms with Crippen LogP contribution in [0.4, 0.5) is 10.5 Å². The lowest BCUT2D eigenvalue weighted by molar-refractivity contribution is 0.194. The van der Waals surface area contributed by atoms with Crippen molar-refractivity contribution in [1.82, 2.24) is 19.2 Å². The minimum absolute atomic E-state index is 0.170. The number of aromatic nitrogens is 3. The summed E-state index contributed by atoms with van der Waals surface area (Å²) < 4.78 is 9.71. The number of hydrogen-bond donors (Lipinski definition) is 1. The second-order valence-electron chi connectivity index (χ2n) is 9.69. The van der Waals surface area contributed by atoms with Gasteiger partial charge in [0.15, 0.2) is 0 Å². The first kappa shape index (κ1) is 24.6. The van der Waals surface area contributed by atoms with Gasteiger partial charge in [0.2, 0.25) is 0 Å². The smallest absolute Gasteiger partial charge is 0.322 e. The second kappa shape index (κ2) is 10.2. The average Bonchev–Trinajstić information content (AvgIpc) is 3.54. The van der Waals surface area contributed by atoms with E-state index in [1.165, 1.54) is 0 Å². The number of anilines is 1. The molecule has 1 aliphatic heterocycles. The number of hydrogen-bond acceptors (Lipinski definition) is 3. The van der Waals surface area contributed by atoms with E-state index in [0.29, 0.717) is 6.54 Å². The van der Waals surface area contributed by atoms with Gasteiger partial charge >= 0.3 is 6.03 Å². The molecule has 0 saturated carbocycles. The maximum absolute atomic E-state index is 14.2. The van der Waals surface area contributed by atoms with E-state index in [2.05, 4.69) is 41.2 Å². The number of carbonyl (C=O) groups is 1. The molecule has 0 fully saturated rings. The highest BCUT2D eigenvalue weighted by Crippen LogP contribution is 2.39. The van der Waals surface area contributed by atoms with Crippen molar-refractivity contribution in [3.63, 3.8) is 0 Å². The van der Waals surface area contributed by atoms with Crippen LogP contribution in [0.2, 0.25) is 0 Å². The number of fused-ring (bicyclic) bond motifs is 3. The Labute approximate surface area is 228 Å². The minimum atomic E-state index is -0.361. The topological polar surface area (TPSA) is 64.3 Å². The number of ether oxygens (including phenoxy) is 1. The van der Waals surface area contributed by atoms with E-state index in [4.69, 9.17) is 9.84 Å². The number of methoxy groups -OCH3 is 1. The lowest BCUT2D eigenvalue weighted by Gasteiger charge is -2.31. The fraction of sp³-hybridized carbons (Fsp3) is 0.188. The van der Waals surface area contributed by atoms with Gasteiger partial charge in [-0.3, -0.25) is 0 Å². The van der Waals surface area contributed by atoms with E-state index in [-0.39, 0.29) is 12.1 Å². The molecule has 0 aliphatic carbocycles. The molecule has 1 aliphatic rings. The number of benzene rings is 3. The van der Waals surface area contributed by atoms with Gasteiger partial charge in [-0.2, -0.15) is 5.10 Å². The van der Waals surface area contributed by atoms with Gasteiger partial charge in [-0.25, -0.2) is 9.48 Å². The first-order valence-electron chi connectivity index (χ1n) is 13.2. The van der Waals surface area contributed by atoms with Crippen LogP contribution in [0.1, 0.15) is 41.0 Å². The van der Waals surface area contributed by atoms with Crippen LogP contribution in [0.15, 0.2) is 97.2 Å². The summed E-state index contributed by atoms with van der Waals surface area (Å²) in [7, 11) is 1.66. The lowest BCUT2D eigenvalue weighted by atomic mass is 10.0. The number of rotatable bonds is 5. The molecule has 0 bridgehead atoms. The standard InChI is InChI=1S/C32H31N5O2/c1-4-23-12-8-9-17-28(23)33-32(38)36-21-27-22(2)34-37(25-14-6-5-7-15-25)31(27)35-19-11-18-29(35)30(36)24-13-10-16-26(20-24)39-3/h5-20,30H,4,21H2,1-3H3,(H,33,38). The molecule has 0 saturated heterocycles. The molecule has 2 amide bonds. The molecule has 1 unspecified atom stereocenters. The van der Waals surface area contributed by atoms with E-state index in [1.54, 1.807) is 7.11 Å². The van der Waals surface area contributed by atoms with Crippen LogP contribution in [-0.2, 0) is 13.0 Å². The Morgan fingerprint density at radius 3 is 2.59 bits per heavy atom. The molecular weight excluding hydrogens is 486 g/mol. The summed E-state index contributed by atoms with van der Waals surface area (Å²) >= 11 is 0. The molecule has 6 rings (SSSR count). The summed E-state index contributed by atoms with van der Waals surface area (Å²) in [6.45, 7) is 4.49. The number of amides is 2. The molecule has 5 aromatic rings. The first-order chi connectivity index (χ1) is 19.1. The quantitative estimate of drug-likeness (QED) is 0.283. The summed E-state index contributed by atoms with van der Waals surface area (Å²) in [6, 6.07) is 29.6. The van der Waals surface area contributed by atoms with E-state index in [0.717, 1.165) is 57.4 Å². The fourth-order valence-electron chi connectivity index (χ4n) is 5.45. The second-order valence-corrected chi connectivity index (χ2v) is 9.69. The Morgan fingerprint density at radius 1 is 1.00 bits per heavy atom. The van der Waals surface area contributed by atoms with Crippen LogP contribution in [-0.4, -0.2) is 32.4 Å². The Bertz CT molecular complexity index is 1640. The molecule has 1 atom stereocenters. The lowest BCUT2D eigenvalue weighted by Crippen LogP contribution is -2.38. The zero-order valence-electron chi connectivity index (χ0n) is 22.3. The van der Waals surface area contributed by atoms with Gasteiger partial charge in [-0.15, -0.1) is 0 Å². The van der Waals surface area contributed by atoms with Crippen molar-refractivity contribution in [3.8, 4) is 17.3 Å². The predicted molar refractivity (Wildman–Crippen MR) is 153 cm³/mol. The molecular formula is C32H31N5O2. The van der Waals surface area contributed by atoms with Crippen LogP contribution in [0.5, 0.6) is 5.75 Å². The summed E-state index contributed by atoms with van der Waals surface area (Å²) in [6.07, 6.45) is 2.88. The molecule has 0 radical (unpaired) electrons. The first-order valence-corrected chi connectivity index (χ1v) is 13.2. The molecule has 7 heteroatoms. The van der Waals surface area contributed by atoms with Crippen molar-refractivity contribution >= 4 is 11.7 Å². The SMILES string of the molecule is CCc1ccccc1NC(=O)N1Cc2c(C)nn(-c3ccccc3)c2-n2cccc2C1c1cccc(OC)c1. The molecule has 196 valence electrons. The number of aryl methyl sites for hydroxylation is 2. The van der Waals surface area contributed by atoms with Gasteiger partial charge in [-0.1, -0.05) is 55.5 Å². The van der Waals surface area contributed by atoms with Crippen molar-refractivity contribution < 1.29 is 9.53 Å². The number of nitrogens with one attached hydrogen (secondary N) is 1. The molecule has 7 nitrogen and oxygen atoms in total. The van der Waals surface area contributed by atoms with Crippen LogP contribution in [0, 0.1) is 6.92 Å². The predicted octanol–water partition coefficient (Wildman–Crippen LogP) is 6.68. The van der Waals surface area contributed by atoms with Crippen molar-refractivity contribution in [2.24, 2.45) is 0 Å². The third kappa shape index (κ3) is 4.36. The Kier molecular flexibility index (Phi) is 6.40. The number of nitrogens with zero attached hydrogens (tertiary/aromatic N) is 4. The average molecular weight is 518 g/mol. The minimum Gasteiger partial charge on any atom is -0.497 e. The van der Waals surface area contributed by atoms with Crippen LogP contribution >= 0.6 is 0 Å². The number of carbonyl (C=O) groups excluding carboxylic acids is 1. The van der Waals surface area contributed by atoms with E-state index in [9.17, 15) is 4.79 Å². The van der Waals surface area contributed by atoms with E-state index in [1.807, 2.05) is 89.3 Å². The van der Waals surface area contributed by atoms with E-state index < -0.39 is 0 Å². The normalized spacial score (nSPS) is 14.3. The zero-order valence-corrected chi connectivity index (χ0v) is 22.3.